The molecule has 0 aliphatic carbocycles. The summed E-state index contributed by atoms with van der Waals surface area (Å²) in [5.74, 6) is -1.75. The van der Waals surface area contributed by atoms with Crippen LogP contribution in [0, 0.1) is 5.92 Å². The van der Waals surface area contributed by atoms with Crippen LogP contribution in [0.15, 0.2) is 12.1 Å². The monoisotopic (exact) mass is 427 g/mol. The van der Waals surface area contributed by atoms with Gasteiger partial charge in [-0.05, 0) is 25.2 Å². The molecule has 0 saturated carbocycles. The van der Waals surface area contributed by atoms with Gasteiger partial charge in [0.15, 0.2) is 0 Å². The lowest BCUT2D eigenvalue weighted by molar-refractivity contribution is -0.145. The van der Waals surface area contributed by atoms with Gasteiger partial charge in [0.05, 0.1) is 12.5 Å². The van der Waals surface area contributed by atoms with E-state index in [9.17, 15) is 31.8 Å². The van der Waals surface area contributed by atoms with Gasteiger partial charge in [-0.25, -0.2) is 31.1 Å². The van der Waals surface area contributed by atoms with Gasteiger partial charge in [-0.15, -0.1) is 4.73 Å². The average molecular weight is 428 g/mol. The summed E-state index contributed by atoms with van der Waals surface area (Å²) in [5.41, 5.74) is 0. The van der Waals surface area contributed by atoms with E-state index >= 15 is 0 Å². The number of hydrogen-bond acceptors (Lipinski definition) is 8. The Kier molecular flexibility index (Phi) is 8.53. The van der Waals surface area contributed by atoms with Crippen molar-refractivity contribution in [2.75, 3.05) is 25.6 Å². The molecule has 1 aromatic rings. The number of rotatable bonds is 12. The number of nitrogens with one attached hydrogen (secondary N) is 2. The molecule has 4 N–H and O–H groups in total. The molecule has 1 unspecified atom stereocenters. The van der Waals surface area contributed by atoms with E-state index in [2.05, 4.69) is 9.44 Å². The average Bonchev–Trinajstić information content (AvgIpc) is 2.82. The van der Waals surface area contributed by atoms with E-state index in [0.29, 0.717) is 24.0 Å². The zero-order valence-corrected chi connectivity index (χ0v) is 16.7. The Labute approximate surface area is 158 Å². The van der Waals surface area contributed by atoms with E-state index in [4.69, 9.17) is 4.84 Å². The molecule has 0 radical (unpaired) electrons. The maximum absolute atomic E-state index is 11.8. The highest BCUT2D eigenvalue weighted by molar-refractivity contribution is 7.89. The Morgan fingerprint density at radius 3 is 2.15 bits per heavy atom. The quantitative estimate of drug-likeness (QED) is 0.334. The summed E-state index contributed by atoms with van der Waals surface area (Å²) in [7, 11) is -6.74. The largest absolute Gasteiger partial charge is 0.492 e. The van der Waals surface area contributed by atoms with Crippen molar-refractivity contribution >= 4 is 26.0 Å². The third-order valence-electron chi connectivity index (χ3n) is 3.54. The molecule has 0 saturated heterocycles. The van der Waals surface area contributed by atoms with Crippen LogP contribution >= 0.6 is 0 Å². The van der Waals surface area contributed by atoms with Crippen molar-refractivity contribution in [3.8, 4) is 11.8 Å². The van der Waals surface area contributed by atoms with Crippen LogP contribution in [0.4, 0.5) is 0 Å². The number of sulfonamides is 2. The van der Waals surface area contributed by atoms with E-state index < -0.39 is 37.8 Å². The number of carbonyl (C=O) groups excluding carboxylic acids is 1. The van der Waals surface area contributed by atoms with Crippen LogP contribution in [0.25, 0.3) is 0 Å². The maximum atomic E-state index is 11.8. The second kappa shape index (κ2) is 9.92. The minimum absolute atomic E-state index is 0.0358. The molecule has 0 aliphatic rings. The molecule has 27 heavy (non-hydrogen) atoms. The van der Waals surface area contributed by atoms with Gasteiger partial charge in [0.25, 0.3) is 0 Å². The lowest BCUT2D eigenvalue weighted by Crippen LogP contribution is -2.31. The summed E-state index contributed by atoms with van der Waals surface area (Å²) >= 11 is 0. The van der Waals surface area contributed by atoms with E-state index in [1.807, 2.05) is 0 Å². The summed E-state index contributed by atoms with van der Waals surface area (Å²) in [6, 6.07) is 2.31. The van der Waals surface area contributed by atoms with Gasteiger partial charge in [0, 0.05) is 31.6 Å². The fraction of sp³-hybridized carbons (Fsp3) is 0.643. The number of aromatic nitrogens is 1. The number of carbonyl (C=O) groups is 1. The summed E-state index contributed by atoms with van der Waals surface area (Å²) < 4.78 is 50.0. The van der Waals surface area contributed by atoms with Crippen LogP contribution in [0.1, 0.15) is 25.7 Å². The molecule has 0 aliphatic heterocycles. The van der Waals surface area contributed by atoms with Gasteiger partial charge in [-0.2, -0.15) is 0 Å². The Bertz CT molecular complexity index is 813. The highest BCUT2D eigenvalue weighted by Gasteiger charge is 2.16. The van der Waals surface area contributed by atoms with Gasteiger partial charge in [0.1, 0.15) is 0 Å². The molecule has 0 amide bonds. The second-order valence-corrected chi connectivity index (χ2v) is 9.81. The van der Waals surface area contributed by atoms with Crippen LogP contribution < -0.4 is 14.3 Å². The van der Waals surface area contributed by atoms with Crippen LogP contribution in [0.5, 0.6) is 11.8 Å². The molecular formula is C14H25N3O8S2. The first-order valence-corrected chi connectivity index (χ1v) is 11.9. The fourth-order valence-corrected chi connectivity index (χ4v) is 3.27. The predicted molar refractivity (Wildman–Crippen MR) is 97.0 cm³/mol. The van der Waals surface area contributed by atoms with E-state index in [0.717, 1.165) is 24.6 Å². The van der Waals surface area contributed by atoms with Crippen molar-refractivity contribution < 1.29 is 36.7 Å². The topological polar surface area (TPSA) is 164 Å². The van der Waals surface area contributed by atoms with Gasteiger partial charge in [-0.3, -0.25) is 0 Å². The minimum Gasteiger partial charge on any atom is -0.492 e. The van der Waals surface area contributed by atoms with Crippen molar-refractivity contribution in [2.45, 2.75) is 25.7 Å². The van der Waals surface area contributed by atoms with Crippen molar-refractivity contribution in [2.24, 2.45) is 5.92 Å². The summed E-state index contributed by atoms with van der Waals surface area (Å²) in [6.07, 6.45) is 3.17. The van der Waals surface area contributed by atoms with E-state index in [1.54, 1.807) is 0 Å². The van der Waals surface area contributed by atoms with Crippen LogP contribution in [-0.4, -0.2) is 63.3 Å². The molecule has 13 heteroatoms. The Balaban J connectivity index is 2.49. The minimum atomic E-state index is -3.40. The SMILES string of the molecule is CS(=O)(=O)NCCC(CCCC(=O)On1c(O)ccc1O)CNS(C)(=O)=O. The Morgan fingerprint density at radius 1 is 1.07 bits per heavy atom. The summed E-state index contributed by atoms with van der Waals surface area (Å²) in [6.45, 7) is 0.253. The molecule has 1 atom stereocenters. The van der Waals surface area contributed by atoms with Gasteiger partial charge >= 0.3 is 5.97 Å². The molecular weight excluding hydrogens is 402 g/mol. The Morgan fingerprint density at radius 2 is 1.63 bits per heavy atom. The van der Waals surface area contributed by atoms with Gasteiger partial charge in [0.2, 0.25) is 31.8 Å². The van der Waals surface area contributed by atoms with Crippen molar-refractivity contribution in [3.63, 3.8) is 0 Å². The number of hydrogen-bond donors (Lipinski definition) is 4. The third-order valence-corrected chi connectivity index (χ3v) is 4.95. The van der Waals surface area contributed by atoms with E-state index in [-0.39, 0.29) is 25.4 Å². The molecule has 0 bridgehead atoms. The molecule has 11 nitrogen and oxygen atoms in total. The summed E-state index contributed by atoms with van der Waals surface area (Å²) in [5, 5.41) is 18.8. The molecule has 0 spiro atoms. The van der Waals surface area contributed by atoms with Crippen LogP contribution in [0.3, 0.4) is 0 Å². The lowest BCUT2D eigenvalue weighted by atomic mass is 9.99. The highest BCUT2D eigenvalue weighted by Crippen LogP contribution is 2.19. The highest BCUT2D eigenvalue weighted by atomic mass is 32.2. The fourth-order valence-electron chi connectivity index (χ4n) is 2.24. The summed E-state index contributed by atoms with van der Waals surface area (Å²) in [4.78, 5) is 16.6. The zero-order valence-electron chi connectivity index (χ0n) is 15.1. The third kappa shape index (κ3) is 10.2. The normalized spacial score (nSPS) is 13.4. The Hall–Kier alpha value is -1.83. The first kappa shape index (κ1) is 23.2. The molecule has 1 heterocycles. The first-order valence-electron chi connectivity index (χ1n) is 8.07. The lowest BCUT2D eigenvalue weighted by Gasteiger charge is -2.17. The molecule has 0 fully saturated rings. The van der Waals surface area contributed by atoms with Gasteiger partial charge < -0.3 is 15.1 Å². The van der Waals surface area contributed by atoms with Crippen molar-refractivity contribution in [1.29, 1.82) is 0 Å². The standard InChI is InChI=1S/C14H25N3O8S2/c1-26(21,22)15-9-8-11(10-16-27(2,23)24)4-3-5-14(20)25-17-12(18)6-7-13(17)19/h6-7,11,15-16,18-19H,3-5,8-10H2,1-2H3. The first-order chi connectivity index (χ1) is 12.4. The smallest absolute Gasteiger partial charge is 0.333 e. The molecule has 1 rings (SSSR count). The second-order valence-electron chi connectivity index (χ2n) is 6.14. The maximum Gasteiger partial charge on any atom is 0.333 e. The predicted octanol–water partition coefficient (Wildman–Crippen LogP) is -0.870. The van der Waals surface area contributed by atoms with Crippen molar-refractivity contribution in [3.05, 3.63) is 12.1 Å². The van der Waals surface area contributed by atoms with Crippen LogP contribution in [0.2, 0.25) is 0 Å². The number of aromatic hydroxyl groups is 2. The van der Waals surface area contributed by atoms with Crippen LogP contribution in [-0.2, 0) is 24.8 Å². The van der Waals surface area contributed by atoms with Gasteiger partial charge in [-0.1, -0.05) is 0 Å². The van der Waals surface area contributed by atoms with E-state index in [1.165, 1.54) is 0 Å². The zero-order chi connectivity index (χ0) is 20.7. The number of nitrogens with zero attached hydrogens (tertiary/aromatic N) is 1. The molecule has 0 aromatic carbocycles. The molecule has 1 aromatic heterocycles. The van der Waals surface area contributed by atoms with Crippen molar-refractivity contribution in [1.82, 2.24) is 14.2 Å². The molecule has 156 valence electrons.